The van der Waals surface area contributed by atoms with Gasteiger partial charge in [0.15, 0.2) is 0 Å². The molecular formula is C21H23N3OS. The van der Waals surface area contributed by atoms with Gasteiger partial charge in [-0.15, -0.1) is 11.3 Å². The van der Waals surface area contributed by atoms with Gasteiger partial charge in [0.2, 0.25) is 0 Å². The van der Waals surface area contributed by atoms with Crippen LogP contribution >= 0.6 is 11.3 Å². The van der Waals surface area contributed by atoms with Gasteiger partial charge < -0.3 is 10.2 Å². The smallest absolute Gasteiger partial charge is 0.275 e. The molecule has 1 fully saturated rings. The van der Waals surface area contributed by atoms with E-state index in [1.54, 1.807) is 11.5 Å². The van der Waals surface area contributed by atoms with Crippen LogP contribution in [0.25, 0.3) is 5.57 Å². The minimum absolute atomic E-state index is 0.190. The number of thiazole rings is 1. The van der Waals surface area contributed by atoms with Crippen molar-refractivity contribution in [2.75, 3.05) is 23.3 Å². The summed E-state index contributed by atoms with van der Waals surface area (Å²) in [6, 6.07) is 8.02. The second-order valence-corrected chi connectivity index (χ2v) is 6.93. The number of nitrogens with zero attached hydrogens (tertiary/aromatic N) is 2. The topological polar surface area (TPSA) is 45.2 Å². The molecule has 0 unspecified atom stereocenters. The Morgan fingerprint density at radius 1 is 1.27 bits per heavy atom. The van der Waals surface area contributed by atoms with E-state index in [9.17, 15) is 4.79 Å². The van der Waals surface area contributed by atoms with Gasteiger partial charge in [-0.05, 0) is 44.0 Å². The quantitative estimate of drug-likeness (QED) is 0.721. The highest BCUT2D eigenvalue weighted by molar-refractivity contribution is 7.11. The first-order chi connectivity index (χ1) is 12.7. The molecule has 1 amide bonds. The Balaban J connectivity index is 1.66. The number of nitrogens with one attached hydrogen (secondary N) is 1. The summed E-state index contributed by atoms with van der Waals surface area (Å²) in [4.78, 5) is 19.3. The monoisotopic (exact) mass is 365 g/mol. The van der Waals surface area contributed by atoms with Gasteiger partial charge in [-0.3, -0.25) is 4.79 Å². The average Bonchev–Trinajstić information content (AvgIpc) is 3.35. The van der Waals surface area contributed by atoms with Crippen LogP contribution in [0.3, 0.4) is 0 Å². The summed E-state index contributed by atoms with van der Waals surface area (Å²) in [5.41, 5.74) is 3.40. The molecule has 0 bridgehead atoms. The maximum atomic E-state index is 12.5. The van der Waals surface area contributed by atoms with Crippen molar-refractivity contribution in [3.8, 4) is 0 Å². The van der Waals surface area contributed by atoms with E-state index in [2.05, 4.69) is 33.9 Å². The molecule has 26 heavy (non-hydrogen) atoms. The normalized spacial score (nSPS) is 14.8. The van der Waals surface area contributed by atoms with Crippen LogP contribution in [0.15, 0.2) is 60.5 Å². The van der Waals surface area contributed by atoms with Crippen LogP contribution in [0.2, 0.25) is 0 Å². The number of rotatable bonds is 6. The molecule has 0 atom stereocenters. The van der Waals surface area contributed by atoms with Gasteiger partial charge in [0, 0.05) is 35.4 Å². The largest absolute Gasteiger partial charge is 0.372 e. The average molecular weight is 366 g/mol. The molecule has 1 N–H and O–H groups in total. The van der Waals surface area contributed by atoms with Gasteiger partial charge in [0.25, 0.3) is 5.91 Å². The van der Waals surface area contributed by atoms with Crippen molar-refractivity contribution in [1.82, 2.24) is 4.98 Å². The van der Waals surface area contributed by atoms with Crippen molar-refractivity contribution in [1.29, 1.82) is 0 Å². The summed E-state index contributed by atoms with van der Waals surface area (Å²) in [5.74, 6) is -0.190. The molecule has 0 saturated carbocycles. The number of anilines is 2. The van der Waals surface area contributed by atoms with Crippen molar-refractivity contribution in [2.45, 2.75) is 19.8 Å². The molecule has 1 saturated heterocycles. The van der Waals surface area contributed by atoms with Gasteiger partial charge in [-0.2, -0.15) is 0 Å². The zero-order chi connectivity index (χ0) is 18.4. The molecular weight excluding hydrogens is 342 g/mol. The third-order valence-corrected chi connectivity index (χ3v) is 5.19. The Kier molecular flexibility index (Phi) is 6.02. The van der Waals surface area contributed by atoms with Crippen molar-refractivity contribution < 1.29 is 4.79 Å². The van der Waals surface area contributed by atoms with Gasteiger partial charge in [0.1, 0.15) is 10.7 Å². The van der Waals surface area contributed by atoms with Crippen LogP contribution in [0.5, 0.6) is 0 Å². The Bertz CT molecular complexity index is 827. The van der Waals surface area contributed by atoms with Crippen LogP contribution in [-0.2, 0) is 0 Å². The fourth-order valence-corrected chi connectivity index (χ4v) is 3.76. The lowest BCUT2D eigenvalue weighted by molar-refractivity contribution is 0.102. The third kappa shape index (κ3) is 4.29. The number of allylic oxidation sites excluding steroid dienone is 5. The fourth-order valence-electron chi connectivity index (χ4n) is 2.90. The molecule has 0 aliphatic carbocycles. The van der Waals surface area contributed by atoms with E-state index in [0.717, 1.165) is 29.4 Å². The summed E-state index contributed by atoms with van der Waals surface area (Å²) in [6.07, 6.45) is 9.98. The van der Waals surface area contributed by atoms with Gasteiger partial charge in [-0.25, -0.2) is 4.98 Å². The first-order valence-electron chi connectivity index (χ1n) is 8.79. The molecule has 1 aliphatic heterocycles. The van der Waals surface area contributed by atoms with E-state index in [0.29, 0.717) is 5.69 Å². The number of aromatic nitrogens is 1. The summed E-state index contributed by atoms with van der Waals surface area (Å²) in [5, 5.41) is 5.53. The van der Waals surface area contributed by atoms with Crippen LogP contribution in [-0.4, -0.2) is 24.0 Å². The Labute approximate surface area is 158 Å². The first-order valence-corrected chi connectivity index (χ1v) is 9.67. The SMILES string of the molecule is C=C/C=C\C(=C/C)c1nc(C(=O)Nc2ccc(N3CCCC3)cc2)cs1. The first kappa shape index (κ1) is 18.1. The van der Waals surface area contributed by atoms with E-state index in [4.69, 9.17) is 0 Å². The van der Waals surface area contributed by atoms with Crippen LogP contribution in [0.1, 0.15) is 35.3 Å². The lowest BCUT2D eigenvalue weighted by atomic mass is 10.2. The number of carbonyl (C=O) groups is 1. The second kappa shape index (κ2) is 8.63. The lowest BCUT2D eigenvalue weighted by Crippen LogP contribution is -2.17. The third-order valence-electron chi connectivity index (χ3n) is 4.30. The molecule has 1 aromatic heterocycles. The van der Waals surface area contributed by atoms with Gasteiger partial charge in [-0.1, -0.05) is 30.9 Å². The van der Waals surface area contributed by atoms with Gasteiger partial charge in [0.05, 0.1) is 0 Å². The van der Waals surface area contributed by atoms with Gasteiger partial charge >= 0.3 is 0 Å². The predicted molar refractivity (Wildman–Crippen MR) is 111 cm³/mol. The van der Waals surface area contributed by atoms with Crippen molar-refractivity contribution in [3.05, 3.63) is 71.2 Å². The van der Waals surface area contributed by atoms with E-state index < -0.39 is 0 Å². The molecule has 2 aromatic rings. The summed E-state index contributed by atoms with van der Waals surface area (Å²) in [6.45, 7) is 7.85. The Hall–Kier alpha value is -2.66. The fraction of sp³-hybridized carbons (Fsp3) is 0.238. The Morgan fingerprint density at radius 3 is 2.65 bits per heavy atom. The van der Waals surface area contributed by atoms with Crippen molar-refractivity contribution in [3.63, 3.8) is 0 Å². The molecule has 1 aromatic carbocycles. The Morgan fingerprint density at radius 2 is 2.00 bits per heavy atom. The second-order valence-electron chi connectivity index (χ2n) is 6.07. The van der Waals surface area contributed by atoms with E-state index in [1.165, 1.54) is 29.9 Å². The molecule has 4 nitrogen and oxygen atoms in total. The summed E-state index contributed by atoms with van der Waals surface area (Å²) < 4.78 is 0. The van der Waals surface area contributed by atoms with Crippen LogP contribution < -0.4 is 10.2 Å². The summed E-state index contributed by atoms with van der Waals surface area (Å²) >= 11 is 1.46. The number of hydrogen-bond acceptors (Lipinski definition) is 4. The molecule has 134 valence electrons. The highest BCUT2D eigenvalue weighted by atomic mass is 32.1. The van der Waals surface area contributed by atoms with Crippen LogP contribution in [0, 0.1) is 0 Å². The molecule has 5 heteroatoms. The maximum absolute atomic E-state index is 12.5. The number of amides is 1. The van der Waals surface area contributed by atoms with E-state index in [-0.39, 0.29) is 5.91 Å². The lowest BCUT2D eigenvalue weighted by Gasteiger charge is -2.17. The zero-order valence-corrected chi connectivity index (χ0v) is 15.8. The number of hydrogen-bond donors (Lipinski definition) is 1. The number of benzene rings is 1. The standard InChI is InChI=1S/C21H23N3OS/c1-3-5-8-16(4-2)21-23-19(15-26-21)20(25)22-17-9-11-18(12-10-17)24-13-6-7-14-24/h3-5,8-12,15H,1,6-7,13-14H2,2H3,(H,22,25)/b8-5-,16-4+. The minimum atomic E-state index is -0.190. The van der Waals surface area contributed by atoms with Crippen molar-refractivity contribution in [2.24, 2.45) is 0 Å². The van der Waals surface area contributed by atoms with Crippen LogP contribution in [0.4, 0.5) is 11.4 Å². The minimum Gasteiger partial charge on any atom is -0.372 e. The predicted octanol–water partition coefficient (Wildman–Crippen LogP) is 5.14. The highest BCUT2D eigenvalue weighted by Crippen LogP contribution is 2.24. The molecule has 0 radical (unpaired) electrons. The van der Waals surface area contributed by atoms with Crippen molar-refractivity contribution >= 4 is 34.2 Å². The molecule has 0 spiro atoms. The van der Waals surface area contributed by atoms with E-state index in [1.807, 2.05) is 37.3 Å². The number of carbonyl (C=O) groups excluding carboxylic acids is 1. The molecule has 3 rings (SSSR count). The maximum Gasteiger partial charge on any atom is 0.275 e. The zero-order valence-electron chi connectivity index (χ0n) is 14.9. The highest BCUT2D eigenvalue weighted by Gasteiger charge is 2.14. The van der Waals surface area contributed by atoms with E-state index >= 15 is 0 Å². The summed E-state index contributed by atoms with van der Waals surface area (Å²) in [7, 11) is 0. The molecule has 1 aliphatic rings. The molecule has 2 heterocycles.